The van der Waals surface area contributed by atoms with Gasteiger partial charge in [0.1, 0.15) is 6.04 Å². The van der Waals surface area contributed by atoms with E-state index >= 15 is 0 Å². The molecule has 7 nitrogen and oxygen atoms in total. The van der Waals surface area contributed by atoms with Crippen molar-refractivity contribution in [3.05, 3.63) is 30.1 Å². The van der Waals surface area contributed by atoms with Gasteiger partial charge in [0.25, 0.3) is 0 Å². The summed E-state index contributed by atoms with van der Waals surface area (Å²) in [5.74, 6) is -0.853. The summed E-state index contributed by atoms with van der Waals surface area (Å²) in [6.07, 6.45) is 5.28. The predicted octanol–water partition coefficient (Wildman–Crippen LogP) is 0.0331. The minimum atomic E-state index is -3.72. The first-order chi connectivity index (χ1) is 10.3. The van der Waals surface area contributed by atoms with E-state index in [4.69, 9.17) is 0 Å². The average Bonchev–Trinajstić information content (AvgIpc) is 2.87. The third-order valence-electron chi connectivity index (χ3n) is 3.66. The molecule has 1 unspecified atom stereocenters. The summed E-state index contributed by atoms with van der Waals surface area (Å²) >= 11 is 0. The fraction of sp³-hybridized carbons (Fsp3) is 0.500. The van der Waals surface area contributed by atoms with Crippen LogP contribution in [-0.2, 0) is 26.0 Å². The number of hydrogen-bond donors (Lipinski definition) is 0. The molecule has 1 aliphatic heterocycles. The Morgan fingerprint density at radius 3 is 2.64 bits per heavy atom. The number of hydrogen-bond acceptors (Lipinski definition) is 5. The number of sulfonamides is 1. The Bertz CT molecular complexity index is 660. The molecule has 2 amide bonds. The molecule has 2 heterocycles. The Labute approximate surface area is 130 Å². The quantitative estimate of drug-likeness (QED) is 0.762. The van der Waals surface area contributed by atoms with Gasteiger partial charge in [-0.15, -0.1) is 0 Å². The van der Waals surface area contributed by atoms with Crippen molar-refractivity contribution in [2.45, 2.75) is 25.3 Å². The van der Waals surface area contributed by atoms with Gasteiger partial charge in [0.05, 0.1) is 6.26 Å². The first-order valence-corrected chi connectivity index (χ1v) is 8.81. The van der Waals surface area contributed by atoms with Crippen LogP contribution in [0.15, 0.2) is 24.5 Å². The molecule has 22 heavy (non-hydrogen) atoms. The number of carbonyl (C=O) groups excluding carboxylic acids is 2. The van der Waals surface area contributed by atoms with E-state index in [-0.39, 0.29) is 18.7 Å². The highest BCUT2D eigenvalue weighted by Crippen LogP contribution is 2.23. The fourth-order valence-corrected chi connectivity index (χ4v) is 3.63. The van der Waals surface area contributed by atoms with E-state index < -0.39 is 22.0 Å². The summed E-state index contributed by atoms with van der Waals surface area (Å²) in [5.41, 5.74) is 1.04. The number of amides is 2. The van der Waals surface area contributed by atoms with Crippen molar-refractivity contribution in [2.75, 3.05) is 19.8 Å². The van der Waals surface area contributed by atoms with Crippen LogP contribution in [0.25, 0.3) is 0 Å². The van der Waals surface area contributed by atoms with E-state index in [1.54, 1.807) is 19.4 Å². The fourth-order valence-electron chi connectivity index (χ4n) is 2.51. The van der Waals surface area contributed by atoms with Crippen LogP contribution >= 0.6 is 0 Å². The van der Waals surface area contributed by atoms with Gasteiger partial charge in [0.15, 0.2) is 0 Å². The van der Waals surface area contributed by atoms with E-state index in [1.807, 2.05) is 12.1 Å². The van der Waals surface area contributed by atoms with Crippen molar-refractivity contribution < 1.29 is 18.0 Å². The molecule has 1 aromatic rings. The van der Waals surface area contributed by atoms with Crippen molar-refractivity contribution in [1.82, 2.24) is 14.2 Å². The molecule has 120 valence electrons. The van der Waals surface area contributed by atoms with Gasteiger partial charge in [-0.25, -0.2) is 12.7 Å². The third-order valence-corrected chi connectivity index (χ3v) is 4.84. The minimum absolute atomic E-state index is 0.0850. The van der Waals surface area contributed by atoms with Gasteiger partial charge in [-0.1, -0.05) is 0 Å². The molecule has 1 aromatic heterocycles. The van der Waals surface area contributed by atoms with Crippen LogP contribution < -0.4 is 0 Å². The second-order valence-corrected chi connectivity index (χ2v) is 7.23. The summed E-state index contributed by atoms with van der Waals surface area (Å²) in [4.78, 5) is 29.5. The van der Waals surface area contributed by atoms with Crippen LogP contribution in [0, 0.1) is 0 Å². The molecule has 1 fully saturated rings. The van der Waals surface area contributed by atoms with Crippen molar-refractivity contribution in [1.29, 1.82) is 0 Å². The molecule has 1 saturated heterocycles. The first kappa shape index (κ1) is 16.4. The van der Waals surface area contributed by atoms with Crippen LogP contribution in [0.4, 0.5) is 0 Å². The smallest absolute Gasteiger partial charge is 0.246 e. The first-order valence-electron chi connectivity index (χ1n) is 6.97. The molecule has 0 bridgehead atoms. The van der Waals surface area contributed by atoms with E-state index in [0.29, 0.717) is 13.0 Å². The number of rotatable bonds is 5. The molecule has 0 N–H and O–H groups in total. The lowest BCUT2D eigenvalue weighted by atomic mass is 10.1. The zero-order valence-electron chi connectivity index (χ0n) is 12.6. The predicted molar refractivity (Wildman–Crippen MR) is 80.3 cm³/mol. The highest BCUT2D eigenvalue weighted by molar-refractivity contribution is 7.89. The number of likely N-dealkylation sites (N-methyl/N-ethyl adjacent to an activating group) is 1. The topological polar surface area (TPSA) is 87.7 Å². The van der Waals surface area contributed by atoms with Gasteiger partial charge >= 0.3 is 0 Å². The molecule has 0 spiro atoms. The van der Waals surface area contributed by atoms with E-state index in [0.717, 1.165) is 16.1 Å². The Morgan fingerprint density at radius 2 is 2.05 bits per heavy atom. The number of carbonyl (C=O) groups is 2. The van der Waals surface area contributed by atoms with E-state index in [2.05, 4.69) is 4.98 Å². The standard InChI is InChI=1S/C14H19N3O4S/c1-16(10-7-11-5-8-15-9-6-11)14(19)12-3-4-13(18)17(12)22(2,20)21/h5-6,8-9,12H,3-4,7,10H2,1-2H3. The van der Waals surface area contributed by atoms with Crippen molar-refractivity contribution in [2.24, 2.45) is 0 Å². The third kappa shape index (κ3) is 3.62. The van der Waals surface area contributed by atoms with Gasteiger partial charge < -0.3 is 4.90 Å². The summed E-state index contributed by atoms with van der Waals surface area (Å²) < 4.78 is 24.1. The maximum absolute atomic E-state index is 12.4. The molecule has 0 aromatic carbocycles. The normalized spacial score (nSPS) is 18.5. The van der Waals surface area contributed by atoms with Crippen LogP contribution in [0.3, 0.4) is 0 Å². The van der Waals surface area contributed by atoms with Gasteiger partial charge in [0, 0.05) is 32.4 Å². The summed E-state index contributed by atoms with van der Waals surface area (Å²) in [6.45, 7) is 0.450. The molecule has 0 radical (unpaired) electrons. The zero-order valence-corrected chi connectivity index (χ0v) is 13.4. The van der Waals surface area contributed by atoms with Crippen molar-refractivity contribution in [3.63, 3.8) is 0 Å². The molecular formula is C14H19N3O4S. The summed E-state index contributed by atoms with van der Waals surface area (Å²) in [6, 6.07) is 2.81. The minimum Gasteiger partial charge on any atom is -0.344 e. The number of aromatic nitrogens is 1. The molecule has 2 rings (SSSR count). The van der Waals surface area contributed by atoms with Gasteiger partial charge in [-0.3, -0.25) is 14.6 Å². The molecule has 1 aliphatic rings. The maximum atomic E-state index is 12.4. The van der Waals surface area contributed by atoms with Crippen LogP contribution in [0.1, 0.15) is 18.4 Å². The van der Waals surface area contributed by atoms with Crippen LogP contribution in [0.5, 0.6) is 0 Å². The Kier molecular flexibility index (Phi) is 4.80. The van der Waals surface area contributed by atoms with Gasteiger partial charge in [-0.05, 0) is 30.5 Å². The lowest BCUT2D eigenvalue weighted by molar-refractivity contribution is -0.136. The zero-order chi connectivity index (χ0) is 16.3. The van der Waals surface area contributed by atoms with E-state index in [1.165, 1.54) is 4.90 Å². The lowest BCUT2D eigenvalue weighted by Gasteiger charge is -2.26. The molecule has 0 saturated carbocycles. The monoisotopic (exact) mass is 325 g/mol. The number of nitrogens with zero attached hydrogens (tertiary/aromatic N) is 3. The Morgan fingerprint density at radius 1 is 1.41 bits per heavy atom. The number of pyridine rings is 1. The Hall–Kier alpha value is -1.96. The van der Waals surface area contributed by atoms with E-state index in [9.17, 15) is 18.0 Å². The SMILES string of the molecule is CN(CCc1ccncc1)C(=O)C1CCC(=O)N1S(C)(=O)=O. The molecule has 1 atom stereocenters. The molecule has 8 heteroatoms. The summed E-state index contributed by atoms with van der Waals surface area (Å²) in [7, 11) is -2.10. The summed E-state index contributed by atoms with van der Waals surface area (Å²) in [5, 5.41) is 0. The second kappa shape index (κ2) is 6.43. The van der Waals surface area contributed by atoms with Crippen LogP contribution in [0.2, 0.25) is 0 Å². The Balaban J connectivity index is 2.02. The van der Waals surface area contributed by atoms with Gasteiger partial charge in [-0.2, -0.15) is 0 Å². The van der Waals surface area contributed by atoms with Crippen molar-refractivity contribution >= 4 is 21.8 Å². The van der Waals surface area contributed by atoms with Crippen molar-refractivity contribution in [3.8, 4) is 0 Å². The lowest BCUT2D eigenvalue weighted by Crippen LogP contribution is -2.48. The average molecular weight is 325 g/mol. The highest BCUT2D eigenvalue weighted by atomic mass is 32.2. The van der Waals surface area contributed by atoms with Gasteiger partial charge in [0.2, 0.25) is 21.8 Å². The maximum Gasteiger partial charge on any atom is 0.246 e. The molecule has 0 aliphatic carbocycles. The molecular weight excluding hydrogens is 306 g/mol. The van der Waals surface area contributed by atoms with Crippen LogP contribution in [-0.4, -0.2) is 60.3 Å². The highest BCUT2D eigenvalue weighted by Gasteiger charge is 2.42. The second-order valence-electron chi connectivity index (χ2n) is 5.37. The largest absolute Gasteiger partial charge is 0.344 e.